The van der Waals surface area contributed by atoms with E-state index in [1.165, 1.54) is 7.11 Å². The van der Waals surface area contributed by atoms with Crippen LogP contribution >= 0.6 is 11.3 Å². The van der Waals surface area contributed by atoms with Crippen LogP contribution in [-0.4, -0.2) is 17.8 Å². The number of aromatic nitrogens is 1. The Balaban J connectivity index is 2.77. The average Bonchev–Trinajstić information content (AvgIpc) is 2.38. The van der Waals surface area contributed by atoms with Crippen LogP contribution in [0.15, 0.2) is 16.0 Å². The fraction of sp³-hybridized carbons (Fsp3) is 0.333. The topological polar surface area (TPSA) is 34.5 Å². The van der Waals surface area contributed by atoms with Crippen molar-refractivity contribution in [2.75, 3.05) is 7.11 Å². The third-order valence-electron chi connectivity index (χ3n) is 1.03. The van der Waals surface area contributed by atoms with Gasteiger partial charge in [0.1, 0.15) is 12.8 Å². The minimum absolute atomic E-state index is 0.809. The molecule has 1 rings (SSSR count). The highest BCUT2D eigenvalue weighted by Gasteiger charge is 1.97. The molecule has 1 heterocycles. The van der Waals surface area contributed by atoms with E-state index in [1.54, 1.807) is 16.8 Å². The maximum absolute atomic E-state index is 4.58. The van der Waals surface area contributed by atoms with Gasteiger partial charge in [-0.2, -0.15) is 0 Å². The molecule has 4 heteroatoms. The van der Waals surface area contributed by atoms with E-state index in [2.05, 4.69) is 15.0 Å². The third kappa shape index (κ3) is 1.54. The second kappa shape index (κ2) is 3.31. The van der Waals surface area contributed by atoms with E-state index in [9.17, 15) is 0 Å². The van der Waals surface area contributed by atoms with Gasteiger partial charge >= 0.3 is 0 Å². The van der Waals surface area contributed by atoms with Gasteiger partial charge in [-0.15, -0.1) is 11.3 Å². The molecule has 54 valence electrons. The summed E-state index contributed by atoms with van der Waals surface area (Å²) in [4.78, 5) is 8.62. The van der Waals surface area contributed by atoms with Crippen LogP contribution in [-0.2, 0) is 4.84 Å². The van der Waals surface area contributed by atoms with E-state index in [1.807, 2.05) is 12.3 Å². The zero-order chi connectivity index (χ0) is 7.40. The number of thiazole rings is 1. The summed E-state index contributed by atoms with van der Waals surface area (Å²) in [6.07, 6.45) is 0. The molecule has 10 heavy (non-hydrogen) atoms. The molecular weight excluding hydrogens is 148 g/mol. The predicted molar refractivity (Wildman–Crippen MR) is 41.3 cm³/mol. The molecule has 0 aromatic carbocycles. The summed E-state index contributed by atoms with van der Waals surface area (Å²) in [7, 11) is 1.52. The largest absolute Gasteiger partial charge is 0.399 e. The summed E-state index contributed by atoms with van der Waals surface area (Å²) < 4.78 is 0. The summed E-state index contributed by atoms with van der Waals surface area (Å²) in [6, 6.07) is 0. The minimum atomic E-state index is 0.809. The minimum Gasteiger partial charge on any atom is -0.399 e. The van der Waals surface area contributed by atoms with Crippen LogP contribution in [0.25, 0.3) is 0 Å². The van der Waals surface area contributed by atoms with Crippen molar-refractivity contribution in [2.24, 2.45) is 5.16 Å². The fourth-order valence-corrected chi connectivity index (χ4v) is 1.17. The summed E-state index contributed by atoms with van der Waals surface area (Å²) in [6.45, 7) is 1.86. The highest BCUT2D eigenvalue weighted by Crippen LogP contribution is 2.02. The number of nitrogens with zero attached hydrogens (tertiary/aromatic N) is 2. The molecule has 1 aromatic heterocycles. The molecule has 0 radical (unpaired) electrons. The van der Waals surface area contributed by atoms with Gasteiger partial charge in [0.25, 0.3) is 0 Å². The fourth-order valence-electron chi connectivity index (χ4n) is 0.575. The van der Waals surface area contributed by atoms with Gasteiger partial charge in [0.05, 0.1) is 11.2 Å². The first-order valence-corrected chi connectivity index (χ1v) is 3.75. The first-order chi connectivity index (χ1) is 4.84. The van der Waals surface area contributed by atoms with Gasteiger partial charge in [0.15, 0.2) is 0 Å². The van der Waals surface area contributed by atoms with Crippen molar-refractivity contribution < 1.29 is 4.84 Å². The summed E-state index contributed by atoms with van der Waals surface area (Å²) in [5, 5.41) is 5.66. The maximum atomic E-state index is 4.58. The van der Waals surface area contributed by atoms with Crippen molar-refractivity contribution in [1.29, 1.82) is 0 Å². The van der Waals surface area contributed by atoms with Crippen LogP contribution in [0.4, 0.5) is 0 Å². The Morgan fingerprint density at radius 3 is 3.10 bits per heavy atom. The zero-order valence-corrected chi connectivity index (χ0v) is 6.68. The van der Waals surface area contributed by atoms with Gasteiger partial charge in [-0.3, -0.25) is 0 Å². The van der Waals surface area contributed by atoms with Crippen molar-refractivity contribution in [2.45, 2.75) is 6.92 Å². The van der Waals surface area contributed by atoms with Crippen LogP contribution in [0, 0.1) is 0 Å². The zero-order valence-electron chi connectivity index (χ0n) is 5.87. The highest BCUT2D eigenvalue weighted by atomic mass is 32.1. The van der Waals surface area contributed by atoms with E-state index in [0.717, 1.165) is 11.4 Å². The quantitative estimate of drug-likeness (QED) is 0.480. The van der Waals surface area contributed by atoms with E-state index in [0.29, 0.717) is 0 Å². The first-order valence-electron chi connectivity index (χ1n) is 2.81. The van der Waals surface area contributed by atoms with Gasteiger partial charge in [-0.05, 0) is 6.92 Å². The molecule has 0 aliphatic carbocycles. The molecule has 0 N–H and O–H groups in total. The lowest BCUT2D eigenvalue weighted by molar-refractivity contribution is 0.213. The molecule has 0 amide bonds. The van der Waals surface area contributed by atoms with Crippen LogP contribution in [0.1, 0.15) is 12.6 Å². The van der Waals surface area contributed by atoms with Crippen LogP contribution in [0.2, 0.25) is 0 Å². The molecule has 0 spiro atoms. The normalized spacial score (nSPS) is 11.6. The Morgan fingerprint density at radius 2 is 2.60 bits per heavy atom. The highest BCUT2D eigenvalue weighted by molar-refractivity contribution is 7.07. The molecule has 0 fully saturated rings. The van der Waals surface area contributed by atoms with Crippen molar-refractivity contribution in [1.82, 2.24) is 4.98 Å². The Labute approximate surface area is 63.3 Å². The number of rotatable bonds is 2. The van der Waals surface area contributed by atoms with Crippen molar-refractivity contribution in [3.8, 4) is 0 Å². The van der Waals surface area contributed by atoms with Crippen molar-refractivity contribution in [3.05, 3.63) is 16.6 Å². The Hall–Kier alpha value is -0.900. The standard InChI is InChI=1S/C6H8N2OS/c1-5(8-9-2)6-3-10-4-7-6/h3-4H,1-2H3. The van der Waals surface area contributed by atoms with E-state index in [4.69, 9.17) is 0 Å². The summed E-state index contributed by atoms with van der Waals surface area (Å²) >= 11 is 1.55. The lowest BCUT2D eigenvalue weighted by atomic mass is 10.3. The third-order valence-corrected chi connectivity index (χ3v) is 1.62. The van der Waals surface area contributed by atoms with Gasteiger partial charge in [-0.1, -0.05) is 5.16 Å². The van der Waals surface area contributed by atoms with E-state index < -0.39 is 0 Å². The molecule has 0 saturated carbocycles. The molecule has 1 aromatic rings. The number of oxime groups is 1. The maximum Gasteiger partial charge on any atom is 0.106 e. The van der Waals surface area contributed by atoms with E-state index in [-0.39, 0.29) is 0 Å². The molecule has 0 atom stereocenters. The Bertz CT molecular complexity index is 218. The van der Waals surface area contributed by atoms with Crippen LogP contribution < -0.4 is 0 Å². The summed E-state index contributed by atoms with van der Waals surface area (Å²) in [5.41, 5.74) is 3.46. The predicted octanol–water partition coefficient (Wildman–Crippen LogP) is 1.51. The molecule has 0 unspecified atom stereocenters. The SMILES string of the molecule is CON=C(C)c1cscn1. The average molecular weight is 156 g/mol. The molecule has 0 saturated heterocycles. The van der Waals surface area contributed by atoms with Crippen molar-refractivity contribution >= 4 is 17.0 Å². The molecule has 0 bridgehead atoms. The Kier molecular flexibility index (Phi) is 2.39. The van der Waals surface area contributed by atoms with Crippen LogP contribution in [0.5, 0.6) is 0 Å². The number of hydrogen-bond acceptors (Lipinski definition) is 4. The lowest BCUT2D eigenvalue weighted by Gasteiger charge is -1.91. The lowest BCUT2D eigenvalue weighted by Crippen LogP contribution is -1.94. The van der Waals surface area contributed by atoms with Gasteiger partial charge < -0.3 is 4.84 Å². The van der Waals surface area contributed by atoms with Gasteiger partial charge in [-0.25, -0.2) is 4.98 Å². The Morgan fingerprint density at radius 1 is 1.80 bits per heavy atom. The van der Waals surface area contributed by atoms with E-state index >= 15 is 0 Å². The van der Waals surface area contributed by atoms with Gasteiger partial charge in [0.2, 0.25) is 0 Å². The smallest absolute Gasteiger partial charge is 0.106 e. The molecule has 0 aliphatic heterocycles. The van der Waals surface area contributed by atoms with Gasteiger partial charge in [0, 0.05) is 5.38 Å². The number of hydrogen-bond donors (Lipinski definition) is 0. The first kappa shape index (κ1) is 7.21. The molecule has 3 nitrogen and oxygen atoms in total. The van der Waals surface area contributed by atoms with Crippen molar-refractivity contribution in [3.63, 3.8) is 0 Å². The molecular formula is C6H8N2OS. The second-order valence-electron chi connectivity index (χ2n) is 1.73. The second-order valence-corrected chi connectivity index (χ2v) is 2.45. The molecule has 0 aliphatic rings. The monoisotopic (exact) mass is 156 g/mol. The summed E-state index contributed by atoms with van der Waals surface area (Å²) in [5.74, 6) is 0. The van der Waals surface area contributed by atoms with Crippen LogP contribution in [0.3, 0.4) is 0 Å².